The van der Waals surface area contributed by atoms with Gasteiger partial charge in [0.2, 0.25) is 24.7 Å². The minimum absolute atomic E-state index is 0. The van der Waals surface area contributed by atoms with Crippen LogP contribution in [0.1, 0.15) is 35.9 Å². The van der Waals surface area contributed by atoms with Gasteiger partial charge < -0.3 is 15.9 Å². The maximum absolute atomic E-state index is 12.5. The number of aliphatic hydroxyl groups is 2. The zero-order valence-electron chi connectivity index (χ0n) is 40.2. The molecule has 0 aliphatic heterocycles. The highest BCUT2D eigenvalue weighted by molar-refractivity contribution is 8.01. The third-order valence-corrected chi connectivity index (χ3v) is 24.2. The van der Waals surface area contributed by atoms with E-state index in [1.165, 1.54) is 91.3 Å². The number of sulfone groups is 4. The molecule has 77 heavy (non-hydrogen) atoms. The summed E-state index contributed by atoms with van der Waals surface area (Å²) in [5, 5.41) is 19.7. The topological polar surface area (TPSA) is 207 Å². The van der Waals surface area contributed by atoms with E-state index in [2.05, 4.69) is 48.7 Å². The predicted octanol–water partition coefficient (Wildman–Crippen LogP) is 14.5. The fourth-order valence-corrected chi connectivity index (χ4v) is 16.4. The van der Waals surface area contributed by atoms with Gasteiger partial charge in [0, 0.05) is 41.0 Å². The number of thiophene rings is 4. The first-order valence-electron chi connectivity index (χ1n) is 21.9. The molecule has 8 rings (SSSR count). The van der Waals surface area contributed by atoms with Crippen LogP contribution < -0.4 is 5.73 Å². The summed E-state index contributed by atoms with van der Waals surface area (Å²) in [6, 6.07) is 39.6. The highest BCUT2D eigenvalue weighted by Gasteiger charge is 2.23. The maximum atomic E-state index is 12.5. The SMILES string of the molecule is C.CCc1ccc(S(=O)(=O)c2ccc(S(=O)(=O)CCO)cc2)s1.CCc1ccc(Sc2ccc(Cl)cc2)s1.Cl.NCc1ccc(S(=O)(=O)c2ccc(S(=O)(=O)CCO)cc2)s1.Sc1ccc(Cl)cc1.[C-]#[N+]c1ccc(Cl)s1. The van der Waals surface area contributed by atoms with Gasteiger partial charge in [0.1, 0.15) is 8.42 Å². The van der Waals surface area contributed by atoms with Gasteiger partial charge in [-0.2, -0.15) is 0 Å². The summed E-state index contributed by atoms with van der Waals surface area (Å²) in [4.78, 5) is 8.57. The summed E-state index contributed by atoms with van der Waals surface area (Å²) in [6.07, 6.45) is 1.88. The van der Waals surface area contributed by atoms with Gasteiger partial charge in [-0.25, -0.2) is 38.5 Å². The minimum atomic E-state index is -3.68. The van der Waals surface area contributed by atoms with Crippen molar-refractivity contribution >= 4 is 161 Å². The van der Waals surface area contributed by atoms with Crippen molar-refractivity contribution in [3.8, 4) is 0 Å². The molecular weight excluding hydrogens is 1260 g/mol. The van der Waals surface area contributed by atoms with E-state index in [1.54, 1.807) is 42.1 Å². The number of halogens is 4. The van der Waals surface area contributed by atoms with Crippen LogP contribution in [0.2, 0.25) is 14.4 Å². The van der Waals surface area contributed by atoms with Crippen LogP contribution in [0.15, 0.2) is 188 Å². The van der Waals surface area contributed by atoms with E-state index in [0.29, 0.717) is 9.34 Å². The molecule has 416 valence electrons. The predicted molar refractivity (Wildman–Crippen MR) is 326 cm³/mol. The molecule has 8 aromatic rings. The average Bonchev–Trinajstić information content (AvgIpc) is 4.25. The van der Waals surface area contributed by atoms with Gasteiger partial charge in [-0.1, -0.05) is 67.8 Å². The zero-order valence-corrected chi connectivity index (χ0v) is 51.5. The van der Waals surface area contributed by atoms with Crippen LogP contribution in [0.3, 0.4) is 0 Å². The second-order valence-electron chi connectivity index (χ2n) is 14.8. The van der Waals surface area contributed by atoms with Gasteiger partial charge in [0.15, 0.2) is 19.7 Å². The number of nitrogens with two attached hydrogens (primary N) is 1. The van der Waals surface area contributed by atoms with Gasteiger partial charge in [-0.15, -0.1) is 70.4 Å². The lowest BCUT2D eigenvalue weighted by atomic mass is 10.4. The van der Waals surface area contributed by atoms with Crippen molar-refractivity contribution < 1.29 is 43.9 Å². The summed E-state index contributed by atoms with van der Waals surface area (Å²) in [6.45, 7) is 9.97. The number of nitrogens with zero attached hydrogens (tertiary/aromatic N) is 1. The van der Waals surface area contributed by atoms with E-state index >= 15 is 0 Å². The smallest absolute Gasteiger partial charge is 0.242 e. The molecule has 0 aliphatic rings. The Balaban J connectivity index is 0.000000345. The largest absolute Gasteiger partial charge is 0.395 e. The summed E-state index contributed by atoms with van der Waals surface area (Å²) in [5.41, 5.74) is 5.47. The molecule has 0 radical (unpaired) electrons. The maximum Gasteiger partial charge on any atom is 0.242 e. The number of aliphatic hydroxyl groups excluding tert-OH is 2. The number of rotatable bonds is 15. The molecule has 4 heterocycles. The monoisotopic (exact) mass is 1310 g/mol. The lowest BCUT2D eigenvalue weighted by Gasteiger charge is -2.05. The van der Waals surface area contributed by atoms with Gasteiger partial charge in [0.25, 0.3) is 0 Å². The lowest BCUT2D eigenvalue weighted by molar-refractivity contribution is 0.319. The molecule has 0 saturated heterocycles. The second kappa shape index (κ2) is 33.5. The van der Waals surface area contributed by atoms with Crippen LogP contribution in [0.25, 0.3) is 4.85 Å². The van der Waals surface area contributed by atoms with Gasteiger partial charge >= 0.3 is 0 Å². The first kappa shape index (κ1) is 69.8. The number of aryl methyl sites for hydroxylation is 2. The van der Waals surface area contributed by atoms with Crippen molar-refractivity contribution in [3.63, 3.8) is 0 Å². The number of thiol groups is 1. The summed E-state index contributed by atoms with van der Waals surface area (Å²) < 4.78 is 99.4. The van der Waals surface area contributed by atoms with E-state index < -0.39 is 58.3 Å². The Morgan fingerprint density at radius 2 is 0.948 bits per heavy atom. The quantitative estimate of drug-likeness (QED) is 0.0559. The Kier molecular flexibility index (Phi) is 30.3. The van der Waals surface area contributed by atoms with E-state index in [4.69, 9.17) is 57.3 Å². The van der Waals surface area contributed by atoms with Crippen LogP contribution >= 0.6 is 117 Å². The van der Waals surface area contributed by atoms with E-state index in [0.717, 1.165) is 48.9 Å². The fraction of sp³-hybridized carbons (Fsp3) is 0.196. The highest BCUT2D eigenvalue weighted by atomic mass is 35.5. The van der Waals surface area contributed by atoms with Gasteiger partial charge in [-0.3, -0.25) is 0 Å². The average molecular weight is 1320 g/mol. The standard InChI is InChI=1S/C14H16O5S3.C13H15NO5S3.C12H11ClS2.C6H5ClS.C5H2ClNS.CH4.ClH/c1-2-11-3-8-14(20-11)22(18,19)13-6-4-12(5-7-13)21(16,17)10-9-15;14-9-10-1-6-13(20-10)22(18,19)12-4-2-11(3-5-12)21(16,17)8-7-15;1-2-10-7-8-12(14-10)15-11-5-3-9(13)4-6-11;7-5-1-3-6(8)4-2-5;1-7-5-3-2-4(6)8-5;;/h3-8,15H,2,9-10H2,1H3;1-6,15H,7-9,14H2;3-8H,2H2,1H3;1-4,8H;2-3H;1H4;1H. The molecule has 0 atom stereocenters. The Morgan fingerprint density at radius 1 is 0.545 bits per heavy atom. The Morgan fingerprint density at radius 3 is 1.29 bits per heavy atom. The van der Waals surface area contributed by atoms with Crippen molar-refractivity contribution in [2.45, 2.75) is 82.7 Å². The van der Waals surface area contributed by atoms with E-state index in [1.807, 2.05) is 54.7 Å². The Hall–Kier alpha value is -3.29. The summed E-state index contributed by atoms with van der Waals surface area (Å²) in [7, 11) is -14.5. The van der Waals surface area contributed by atoms with Crippen LogP contribution in [0, 0.1) is 6.57 Å². The van der Waals surface area contributed by atoms with Crippen molar-refractivity contribution in [1.82, 2.24) is 0 Å². The number of hydrogen-bond donors (Lipinski definition) is 4. The highest BCUT2D eigenvalue weighted by Crippen LogP contribution is 2.35. The molecule has 4 N–H and O–H groups in total. The molecule has 0 fully saturated rings. The van der Waals surface area contributed by atoms with E-state index in [-0.39, 0.29) is 60.1 Å². The third kappa shape index (κ3) is 21.9. The van der Waals surface area contributed by atoms with E-state index in [9.17, 15) is 33.7 Å². The second-order valence-corrected chi connectivity index (χ2v) is 31.4. The summed E-state index contributed by atoms with van der Waals surface area (Å²) in [5.74, 6) is -0.784. The molecule has 0 amide bonds. The molecule has 0 bridgehead atoms. The van der Waals surface area contributed by atoms with Crippen molar-refractivity contribution in [2.75, 3.05) is 24.7 Å². The molecule has 0 saturated carbocycles. The molecule has 26 heteroatoms. The fourth-order valence-electron chi connectivity index (χ4n) is 5.69. The Bertz CT molecular complexity index is 3390. The van der Waals surface area contributed by atoms with Crippen molar-refractivity contribution in [1.29, 1.82) is 0 Å². The van der Waals surface area contributed by atoms with Crippen LogP contribution in [-0.2, 0) is 58.7 Å². The number of hydrogen-bond acceptors (Lipinski definition) is 17. The third-order valence-electron chi connectivity index (χ3n) is 9.57. The molecule has 0 unspecified atom stereocenters. The molecule has 4 aromatic carbocycles. The summed E-state index contributed by atoms with van der Waals surface area (Å²) >= 11 is 28.3. The first-order valence-corrected chi connectivity index (χ1v) is 33.8. The first-order chi connectivity index (χ1) is 35.5. The molecule has 4 aromatic heterocycles. The van der Waals surface area contributed by atoms with Gasteiger partial charge in [0.05, 0.1) is 59.4 Å². The zero-order chi connectivity index (χ0) is 55.4. The number of benzene rings is 4. The Labute approximate surface area is 499 Å². The lowest BCUT2D eigenvalue weighted by Crippen LogP contribution is -2.10. The van der Waals surface area contributed by atoms with Gasteiger partial charge in [-0.05, 0) is 158 Å². The minimum Gasteiger partial charge on any atom is -0.395 e. The van der Waals surface area contributed by atoms with Crippen LogP contribution in [0.5, 0.6) is 0 Å². The molecule has 0 aliphatic carbocycles. The van der Waals surface area contributed by atoms with Crippen LogP contribution in [-0.4, -0.2) is 68.6 Å². The van der Waals surface area contributed by atoms with Crippen LogP contribution in [0.4, 0.5) is 5.00 Å². The van der Waals surface area contributed by atoms with Crippen molar-refractivity contribution in [3.05, 3.63) is 186 Å². The normalized spacial score (nSPS) is 11.0. The molecule has 12 nitrogen and oxygen atoms in total. The van der Waals surface area contributed by atoms with Crippen molar-refractivity contribution in [2.24, 2.45) is 5.73 Å². The molecule has 0 spiro atoms. The molecular formula is C51H54Cl4N2O10S10.